The number of carbonyl (C=O) groups is 2. The van der Waals surface area contributed by atoms with E-state index in [4.69, 9.17) is 18.6 Å². The summed E-state index contributed by atoms with van der Waals surface area (Å²) in [5.41, 5.74) is 0.631. The Morgan fingerprint density at radius 3 is 2.68 bits per heavy atom. The van der Waals surface area contributed by atoms with Crippen molar-refractivity contribution in [3.8, 4) is 5.75 Å². The highest BCUT2D eigenvalue weighted by Crippen LogP contribution is 2.31. The molecule has 1 saturated heterocycles. The molecule has 1 amide bonds. The normalized spacial score (nSPS) is 14.3. The van der Waals surface area contributed by atoms with Crippen LogP contribution in [0.5, 0.6) is 5.75 Å². The number of methoxy groups -OCH3 is 1. The lowest BCUT2D eigenvalue weighted by Gasteiger charge is -2.27. The molecule has 1 aromatic heterocycles. The van der Waals surface area contributed by atoms with Crippen LogP contribution in [0.1, 0.15) is 21.5 Å². The van der Waals surface area contributed by atoms with E-state index < -0.39 is 5.63 Å². The third kappa shape index (κ3) is 4.07. The lowest BCUT2D eigenvalue weighted by molar-refractivity contribution is -0.134. The molecule has 0 aliphatic carbocycles. The van der Waals surface area contributed by atoms with Gasteiger partial charge in [-0.25, -0.2) is 4.79 Å². The molecular formula is C20H23NO7. The van der Waals surface area contributed by atoms with Gasteiger partial charge in [-0.15, -0.1) is 0 Å². The van der Waals surface area contributed by atoms with E-state index >= 15 is 0 Å². The van der Waals surface area contributed by atoms with Crippen LogP contribution in [0, 0.1) is 6.92 Å². The van der Waals surface area contributed by atoms with Crippen molar-refractivity contribution in [3.63, 3.8) is 0 Å². The molecule has 2 aromatic rings. The second-order valence-electron chi connectivity index (χ2n) is 6.48. The molecule has 0 N–H and O–H groups in total. The molecule has 2 heterocycles. The molecular weight excluding hydrogens is 366 g/mol. The van der Waals surface area contributed by atoms with Gasteiger partial charge in [-0.2, -0.15) is 0 Å². The van der Waals surface area contributed by atoms with E-state index in [0.717, 1.165) is 0 Å². The molecule has 1 aliphatic rings. The van der Waals surface area contributed by atoms with Crippen LogP contribution in [0.15, 0.2) is 21.3 Å². The van der Waals surface area contributed by atoms with Crippen molar-refractivity contribution in [1.29, 1.82) is 0 Å². The van der Waals surface area contributed by atoms with Gasteiger partial charge in [0.05, 0.1) is 42.8 Å². The van der Waals surface area contributed by atoms with E-state index in [1.165, 1.54) is 0 Å². The van der Waals surface area contributed by atoms with Crippen molar-refractivity contribution >= 4 is 23.2 Å². The van der Waals surface area contributed by atoms with Crippen molar-refractivity contribution in [1.82, 2.24) is 4.90 Å². The summed E-state index contributed by atoms with van der Waals surface area (Å²) in [7, 11) is 1.57. The Labute approximate surface area is 162 Å². The second-order valence-corrected chi connectivity index (χ2v) is 6.48. The van der Waals surface area contributed by atoms with Gasteiger partial charge in [0.1, 0.15) is 12.4 Å². The molecule has 150 valence electrons. The van der Waals surface area contributed by atoms with Crippen molar-refractivity contribution in [2.75, 3.05) is 46.6 Å². The third-order valence-corrected chi connectivity index (χ3v) is 4.78. The van der Waals surface area contributed by atoms with Gasteiger partial charge in [-0.3, -0.25) is 9.59 Å². The summed E-state index contributed by atoms with van der Waals surface area (Å²) in [4.78, 5) is 38.2. The van der Waals surface area contributed by atoms with Gasteiger partial charge in [0.25, 0.3) is 0 Å². The standard InChI is InChI=1S/C20H23NO7/c1-13-15(11-17(23)21-5-7-26-8-6-21)20(24)28-19-14(12-22)3-4-16(18(13)19)27-10-9-25-2/h3-4,12H,5-11H2,1-2H3. The van der Waals surface area contributed by atoms with Gasteiger partial charge in [0.15, 0.2) is 11.9 Å². The van der Waals surface area contributed by atoms with Gasteiger partial charge < -0.3 is 23.5 Å². The van der Waals surface area contributed by atoms with Crippen LogP contribution in [-0.2, 0) is 20.7 Å². The first kappa shape index (κ1) is 20.0. The number of aryl methyl sites for hydroxylation is 1. The van der Waals surface area contributed by atoms with E-state index in [1.54, 1.807) is 31.1 Å². The maximum atomic E-state index is 12.6. The smallest absolute Gasteiger partial charge is 0.340 e. The number of nitrogens with zero attached hydrogens (tertiary/aromatic N) is 1. The largest absolute Gasteiger partial charge is 0.490 e. The first-order valence-electron chi connectivity index (χ1n) is 9.08. The van der Waals surface area contributed by atoms with E-state index in [-0.39, 0.29) is 29.0 Å². The topological polar surface area (TPSA) is 95.3 Å². The Morgan fingerprint density at radius 1 is 1.25 bits per heavy atom. The minimum Gasteiger partial charge on any atom is -0.490 e. The predicted molar refractivity (Wildman–Crippen MR) is 101 cm³/mol. The van der Waals surface area contributed by atoms with E-state index in [1.807, 2.05) is 0 Å². The van der Waals surface area contributed by atoms with Gasteiger partial charge in [-0.05, 0) is 24.6 Å². The molecule has 1 aliphatic heterocycles. The fraction of sp³-hybridized carbons (Fsp3) is 0.450. The Balaban J connectivity index is 2.03. The van der Waals surface area contributed by atoms with Crippen LogP contribution in [-0.4, -0.2) is 63.7 Å². The summed E-state index contributed by atoms with van der Waals surface area (Å²) in [5, 5.41) is 0.519. The summed E-state index contributed by atoms with van der Waals surface area (Å²) in [6.45, 7) is 4.38. The number of amides is 1. The minimum absolute atomic E-state index is 0.0765. The number of fused-ring (bicyclic) bond motifs is 1. The SMILES string of the molecule is COCCOc1ccc(C=O)c2oc(=O)c(CC(=O)N3CCOCC3)c(C)c12. The zero-order valence-corrected chi connectivity index (χ0v) is 16.0. The Kier molecular flexibility index (Phi) is 6.43. The average Bonchev–Trinajstić information content (AvgIpc) is 2.71. The first-order chi connectivity index (χ1) is 13.6. The Hall–Kier alpha value is -2.71. The van der Waals surface area contributed by atoms with E-state index in [0.29, 0.717) is 62.5 Å². The molecule has 3 rings (SSSR count). The van der Waals surface area contributed by atoms with Crippen molar-refractivity contribution in [2.45, 2.75) is 13.3 Å². The number of carbonyl (C=O) groups excluding carboxylic acids is 2. The third-order valence-electron chi connectivity index (χ3n) is 4.78. The van der Waals surface area contributed by atoms with Gasteiger partial charge in [-0.1, -0.05) is 0 Å². The monoisotopic (exact) mass is 389 g/mol. The molecule has 1 fully saturated rings. The van der Waals surface area contributed by atoms with Crippen molar-refractivity contribution in [3.05, 3.63) is 39.2 Å². The van der Waals surface area contributed by atoms with Crippen LogP contribution in [0.2, 0.25) is 0 Å². The number of ether oxygens (including phenoxy) is 3. The summed E-state index contributed by atoms with van der Waals surface area (Å²) >= 11 is 0. The van der Waals surface area contributed by atoms with Crippen LogP contribution in [0.4, 0.5) is 0 Å². The molecule has 28 heavy (non-hydrogen) atoms. The molecule has 1 aromatic carbocycles. The fourth-order valence-electron chi connectivity index (χ4n) is 3.23. The van der Waals surface area contributed by atoms with Gasteiger partial charge in [0.2, 0.25) is 5.91 Å². The highest BCUT2D eigenvalue weighted by molar-refractivity contribution is 5.99. The van der Waals surface area contributed by atoms with Gasteiger partial charge in [0, 0.05) is 20.2 Å². The zero-order chi connectivity index (χ0) is 20.1. The lowest BCUT2D eigenvalue weighted by Crippen LogP contribution is -2.42. The predicted octanol–water partition coefficient (Wildman–Crippen LogP) is 1.34. The number of morpholine rings is 1. The van der Waals surface area contributed by atoms with Crippen LogP contribution >= 0.6 is 0 Å². The molecule has 0 spiro atoms. The Bertz CT molecular complexity index is 928. The van der Waals surface area contributed by atoms with Crippen molar-refractivity contribution < 1.29 is 28.2 Å². The zero-order valence-electron chi connectivity index (χ0n) is 16.0. The van der Waals surface area contributed by atoms with Crippen molar-refractivity contribution in [2.24, 2.45) is 0 Å². The number of rotatable bonds is 7. The summed E-state index contributed by atoms with van der Waals surface area (Å²) < 4.78 is 21.4. The maximum absolute atomic E-state index is 12.6. The van der Waals surface area contributed by atoms with E-state index in [9.17, 15) is 14.4 Å². The molecule has 0 saturated carbocycles. The fourth-order valence-corrected chi connectivity index (χ4v) is 3.23. The minimum atomic E-state index is -0.622. The number of hydrogen-bond donors (Lipinski definition) is 0. The number of hydrogen-bond acceptors (Lipinski definition) is 7. The highest BCUT2D eigenvalue weighted by Gasteiger charge is 2.23. The average molecular weight is 389 g/mol. The Morgan fingerprint density at radius 2 is 2.00 bits per heavy atom. The molecule has 0 unspecified atom stereocenters. The first-order valence-corrected chi connectivity index (χ1v) is 9.08. The summed E-state index contributed by atoms with van der Waals surface area (Å²) in [6.07, 6.45) is 0.551. The maximum Gasteiger partial charge on any atom is 0.340 e. The lowest BCUT2D eigenvalue weighted by atomic mass is 10.0. The number of aldehydes is 1. The van der Waals surface area contributed by atoms with Crippen LogP contribution < -0.4 is 10.4 Å². The van der Waals surface area contributed by atoms with Crippen LogP contribution in [0.3, 0.4) is 0 Å². The second kappa shape index (κ2) is 8.99. The van der Waals surface area contributed by atoms with E-state index in [2.05, 4.69) is 0 Å². The quantitative estimate of drug-likeness (QED) is 0.401. The molecule has 0 atom stereocenters. The summed E-state index contributed by atoms with van der Waals surface area (Å²) in [5.74, 6) is 0.311. The molecule has 0 radical (unpaired) electrons. The van der Waals surface area contributed by atoms with Crippen LogP contribution in [0.25, 0.3) is 11.0 Å². The molecule has 8 nitrogen and oxygen atoms in total. The molecule has 0 bridgehead atoms. The summed E-state index contributed by atoms with van der Waals surface area (Å²) in [6, 6.07) is 3.20. The highest BCUT2D eigenvalue weighted by atomic mass is 16.5. The molecule has 8 heteroatoms. The van der Waals surface area contributed by atoms with Gasteiger partial charge >= 0.3 is 5.63 Å². The number of benzene rings is 1.